The van der Waals surface area contributed by atoms with Crippen molar-refractivity contribution in [2.45, 2.75) is 20.5 Å². The van der Waals surface area contributed by atoms with Crippen molar-refractivity contribution in [2.75, 3.05) is 27.0 Å². The number of nitrogens with zero attached hydrogens (tertiary/aromatic N) is 1. The summed E-state index contributed by atoms with van der Waals surface area (Å²) in [4.78, 5) is 14.8. The minimum Gasteiger partial charge on any atom is -0.467 e. The maximum atomic E-state index is 13.0. The van der Waals surface area contributed by atoms with Gasteiger partial charge in [-0.1, -0.05) is 36.4 Å². The van der Waals surface area contributed by atoms with Crippen LogP contribution in [-0.4, -0.2) is 42.9 Å². The van der Waals surface area contributed by atoms with Crippen LogP contribution in [0.25, 0.3) is 11.1 Å². The van der Waals surface area contributed by atoms with E-state index in [4.69, 9.17) is 9.47 Å². The van der Waals surface area contributed by atoms with Crippen molar-refractivity contribution >= 4 is 5.91 Å². The number of benzene rings is 2. The highest BCUT2D eigenvalue weighted by atomic mass is 16.7. The zero-order chi connectivity index (χ0) is 18.2. The first kappa shape index (κ1) is 19.0. The molecule has 1 N–H and O–H groups in total. The fourth-order valence-electron chi connectivity index (χ4n) is 2.82. The molecule has 0 aliphatic rings. The second-order valence-corrected chi connectivity index (χ2v) is 5.52. The Hall–Kier alpha value is -2.37. The normalized spacial score (nSPS) is 10.6. The number of hydrogen-bond acceptors (Lipinski definition) is 4. The summed E-state index contributed by atoms with van der Waals surface area (Å²) in [6, 6.07) is 13.3. The van der Waals surface area contributed by atoms with E-state index in [2.05, 4.69) is 0 Å². The summed E-state index contributed by atoms with van der Waals surface area (Å²) >= 11 is 0. The number of aliphatic hydroxyl groups excluding tert-OH is 1. The summed E-state index contributed by atoms with van der Waals surface area (Å²) in [6.07, 6.45) is 0. The second kappa shape index (κ2) is 9.20. The highest BCUT2D eigenvalue weighted by molar-refractivity contribution is 6.00. The molecule has 0 unspecified atom stereocenters. The molecular weight excluding hydrogens is 318 g/mol. The van der Waals surface area contributed by atoms with Crippen LogP contribution in [0.3, 0.4) is 0 Å². The van der Waals surface area contributed by atoms with Crippen LogP contribution in [0.15, 0.2) is 42.5 Å². The van der Waals surface area contributed by atoms with Gasteiger partial charge in [0.15, 0.2) is 6.79 Å². The highest BCUT2D eigenvalue weighted by Gasteiger charge is 2.24. The van der Waals surface area contributed by atoms with E-state index in [1.165, 1.54) is 7.11 Å². The van der Waals surface area contributed by atoms with Crippen LogP contribution in [0, 0.1) is 0 Å². The lowest BCUT2D eigenvalue weighted by Gasteiger charge is -2.23. The van der Waals surface area contributed by atoms with Gasteiger partial charge < -0.3 is 19.5 Å². The zero-order valence-electron chi connectivity index (χ0n) is 15.0. The van der Waals surface area contributed by atoms with E-state index >= 15 is 0 Å². The van der Waals surface area contributed by atoms with E-state index in [0.29, 0.717) is 30.0 Å². The number of amides is 1. The van der Waals surface area contributed by atoms with Crippen molar-refractivity contribution in [3.05, 3.63) is 53.6 Å². The molecule has 0 fully saturated rings. The first-order valence-electron chi connectivity index (χ1n) is 8.41. The predicted octanol–water partition coefficient (Wildman–Crippen LogP) is 3.31. The molecule has 1 amide bonds. The standard InChI is InChI=1S/C20H25NO4/c1-4-21(5-2)20(23)19-17(13-22)16(15-9-7-6-8-10-15)11-12-18(19)25-14-24-3/h6-12,22H,4-5,13-14H2,1-3H3. The molecule has 134 valence electrons. The Kier molecular flexibility index (Phi) is 6.98. The summed E-state index contributed by atoms with van der Waals surface area (Å²) < 4.78 is 10.6. The van der Waals surface area contributed by atoms with Gasteiger partial charge in [0.05, 0.1) is 12.2 Å². The third kappa shape index (κ3) is 4.18. The summed E-state index contributed by atoms with van der Waals surface area (Å²) in [5, 5.41) is 10.0. The fraction of sp³-hybridized carbons (Fsp3) is 0.350. The molecule has 0 atom stereocenters. The molecule has 2 aromatic carbocycles. The molecule has 0 aliphatic heterocycles. The van der Waals surface area contributed by atoms with Crippen molar-refractivity contribution in [1.82, 2.24) is 4.90 Å². The van der Waals surface area contributed by atoms with E-state index in [1.54, 1.807) is 11.0 Å². The van der Waals surface area contributed by atoms with Crippen LogP contribution >= 0.6 is 0 Å². The third-order valence-corrected chi connectivity index (χ3v) is 4.11. The largest absolute Gasteiger partial charge is 0.467 e. The van der Waals surface area contributed by atoms with Crippen molar-refractivity contribution < 1.29 is 19.4 Å². The number of rotatable bonds is 8. The molecule has 5 nitrogen and oxygen atoms in total. The van der Waals surface area contributed by atoms with Crippen LogP contribution in [-0.2, 0) is 11.3 Å². The topological polar surface area (TPSA) is 59.0 Å². The Balaban J connectivity index is 2.63. The number of methoxy groups -OCH3 is 1. The van der Waals surface area contributed by atoms with Gasteiger partial charge in [-0.15, -0.1) is 0 Å². The van der Waals surface area contributed by atoms with E-state index in [9.17, 15) is 9.90 Å². The quantitative estimate of drug-likeness (QED) is 0.747. The van der Waals surface area contributed by atoms with Gasteiger partial charge in [0.2, 0.25) is 0 Å². The van der Waals surface area contributed by atoms with Gasteiger partial charge in [-0.2, -0.15) is 0 Å². The minimum atomic E-state index is -0.253. The Bertz CT molecular complexity index is 696. The molecular formula is C20H25NO4. The van der Waals surface area contributed by atoms with Gasteiger partial charge in [-0.3, -0.25) is 4.79 Å². The maximum absolute atomic E-state index is 13.0. The molecule has 0 spiro atoms. The fourth-order valence-corrected chi connectivity index (χ4v) is 2.82. The van der Waals surface area contributed by atoms with E-state index in [1.807, 2.05) is 50.2 Å². The number of carbonyl (C=O) groups is 1. The maximum Gasteiger partial charge on any atom is 0.257 e. The molecule has 5 heteroatoms. The van der Waals surface area contributed by atoms with Gasteiger partial charge >= 0.3 is 0 Å². The molecule has 0 bridgehead atoms. The van der Waals surface area contributed by atoms with Gasteiger partial charge in [0, 0.05) is 25.8 Å². The zero-order valence-corrected chi connectivity index (χ0v) is 15.0. The summed E-state index contributed by atoms with van der Waals surface area (Å²) in [5.41, 5.74) is 2.73. The lowest BCUT2D eigenvalue weighted by molar-refractivity contribution is 0.0489. The van der Waals surface area contributed by atoms with Gasteiger partial charge in [-0.05, 0) is 31.0 Å². The van der Waals surface area contributed by atoms with Crippen molar-refractivity contribution in [3.63, 3.8) is 0 Å². The number of hydrogen-bond donors (Lipinski definition) is 1. The SMILES string of the molecule is CCN(CC)C(=O)c1c(OCOC)ccc(-c2ccccc2)c1CO. The number of ether oxygens (including phenoxy) is 2. The molecule has 0 aromatic heterocycles. The van der Waals surface area contributed by atoms with Crippen LogP contribution < -0.4 is 4.74 Å². The van der Waals surface area contributed by atoms with Crippen LogP contribution in [0.2, 0.25) is 0 Å². The third-order valence-electron chi connectivity index (χ3n) is 4.11. The molecule has 0 saturated carbocycles. The smallest absolute Gasteiger partial charge is 0.257 e. The molecule has 0 radical (unpaired) electrons. The summed E-state index contributed by atoms with van der Waals surface area (Å²) in [7, 11) is 1.52. The predicted molar refractivity (Wildman–Crippen MR) is 97.6 cm³/mol. The average Bonchev–Trinajstić information content (AvgIpc) is 2.66. The van der Waals surface area contributed by atoms with E-state index in [-0.39, 0.29) is 19.3 Å². The Morgan fingerprint density at radius 3 is 2.32 bits per heavy atom. The van der Waals surface area contributed by atoms with Crippen molar-refractivity contribution in [2.24, 2.45) is 0 Å². The summed E-state index contributed by atoms with van der Waals surface area (Å²) in [6.45, 7) is 4.80. The highest BCUT2D eigenvalue weighted by Crippen LogP contribution is 2.33. The first-order chi connectivity index (χ1) is 12.2. The molecule has 0 heterocycles. The molecule has 2 aromatic rings. The number of aliphatic hydroxyl groups is 1. The molecule has 25 heavy (non-hydrogen) atoms. The van der Waals surface area contributed by atoms with Crippen LogP contribution in [0.4, 0.5) is 0 Å². The van der Waals surface area contributed by atoms with E-state index in [0.717, 1.165) is 11.1 Å². The van der Waals surface area contributed by atoms with Crippen LogP contribution in [0.1, 0.15) is 29.8 Å². The second-order valence-electron chi connectivity index (χ2n) is 5.52. The summed E-state index contributed by atoms with van der Waals surface area (Å²) in [5.74, 6) is 0.264. The van der Waals surface area contributed by atoms with Crippen molar-refractivity contribution in [3.8, 4) is 16.9 Å². The molecule has 0 saturated heterocycles. The lowest BCUT2D eigenvalue weighted by atomic mass is 9.94. The lowest BCUT2D eigenvalue weighted by Crippen LogP contribution is -2.32. The molecule has 2 rings (SSSR count). The van der Waals surface area contributed by atoms with Crippen LogP contribution in [0.5, 0.6) is 5.75 Å². The van der Waals surface area contributed by atoms with E-state index < -0.39 is 0 Å². The Morgan fingerprint density at radius 1 is 1.08 bits per heavy atom. The minimum absolute atomic E-state index is 0.0358. The molecule has 0 aliphatic carbocycles. The van der Waals surface area contributed by atoms with Gasteiger partial charge in [-0.25, -0.2) is 0 Å². The number of carbonyl (C=O) groups excluding carboxylic acids is 1. The first-order valence-corrected chi connectivity index (χ1v) is 8.41. The Morgan fingerprint density at radius 2 is 1.76 bits per heavy atom. The average molecular weight is 343 g/mol. The Labute approximate surface area is 148 Å². The van der Waals surface area contributed by atoms with Crippen molar-refractivity contribution in [1.29, 1.82) is 0 Å². The van der Waals surface area contributed by atoms with Gasteiger partial charge in [0.1, 0.15) is 5.75 Å². The monoisotopic (exact) mass is 343 g/mol. The van der Waals surface area contributed by atoms with Gasteiger partial charge in [0.25, 0.3) is 5.91 Å².